The molecule has 0 spiro atoms. The van der Waals surface area contributed by atoms with Crippen molar-refractivity contribution in [3.05, 3.63) is 54.4 Å². The van der Waals surface area contributed by atoms with E-state index in [0.29, 0.717) is 27.7 Å². The van der Waals surface area contributed by atoms with Crippen molar-refractivity contribution in [1.82, 2.24) is 19.8 Å². The standard InChI is InChI=1S/C18H15N5O3S/c1-25-14-6-4-3-5-12(14)16(24)20-13-9-11(7-8-15(13)26-2)17-22-23-10-19-21-18(23)27-17/h3-10H,1-2H3,(H,20,24). The zero-order valence-corrected chi connectivity index (χ0v) is 15.4. The minimum Gasteiger partial charge on any atom is -0.496 e. The van der Waals surface area contributed by atoms with E-state index in [2.05, 4.69) is 20.6 Å². The van der Waals surface area contributed by atoms with Gasteiger partial charge < -0.3 is 14.8 Å². The molecule has 136 valence electrons. The van der Waals surface area contributed by atoms with Gasteiger partial charge in [0, 0.05) is 5.56 Å². The van der Waals surface area contributed by atoms with Gasteiger partial charge in [0.1, 0.15) is 22.8 Å². The van der Waals surface area contributed by atoms with E-state index in [1.807, 2.05) is 18.2 Å². The van der Waals surface area contributed by atoms with Gasteiger partial charge in [-0.05, 0) is 30.3 Å². The fourth-order valence-corrected chi connectivity index (χ4v) is 3.45. The second kappa shape index (κ2) is 7.04. The number of nitrogens with one attached hydrogen (secondary N) is 1. The highest BCUT2D eigenvalue weighted by molar-refractivity contribution is 7.19. The molecule has 1 N–H and O–H groups in total. The first kappa shape index (κ1) is 17.0. The van der Waals surface area contributed by atoms with E-state index in [1.54, 1.807) is 42.2 Å². The summed E-state index contributed by atoms with van der Waals surface area (Å²) in [6.45, 7) is 0. The summed E-state index contributed by atoms with van der Waals surface area (Å²) >= 11 is 1.41. The Morgan fingerprint density at radius 3 is 2.70 bits per heavy atom. The van der Waals surface area contributed by atoms with Gasteiger partial charge in [-0.2, -0.15) is 9.61 Å². The zero-order chi connectivity index (χ0) is 18.8. The molecule has 27 heavy (non-hydrogen) atoms. The Labute approximate surface area is 158 Å². The van der Waals surface area contributed by atoms with Crippen LogP contribution in [0.3, 0.4) is 0 Å². The number of fused-ring (bicyclic) bond motifs is 1. The van der Waals surface area contributed by atoms with Gasteiger partial charge in [-0.25, -0.2) is 0 Å². The molecule has 2 heterocycles. The number of amides is 1. The number of rotatable bonds is 5. The minimum atomic E-state index is -0.291. The molecule has 2 aromatic heterocycles. The van der Waals surface area contributed by atoms with E-state index in [-0.39, 0.29) is 5.91 Å². The molecule has 9 heteroatoms. The fourth-order valence-electron chi connectivity index (χ4n) is 2.64. The molecular formula is C18H15N5O3S. The van der Waals surface area contributed by atoms with E-state index >= 15 is 0 Å². The third-order valence-corrected chi connectivity index (χ3v) is 4.90. The summed E-state index contributed by atoms with van der Waals surface area (Å²) in [7, 11) is 3.08. The minimum absolute atomic E-state index is 0.291. The quantitative estimate of drug-likeness (QED) is 0.571. The van der Waals surface area contributed by atoms with Crippen molar-refractivity contribution >= 4 is 27.9 Å². The summed E-state index contributed by atoms with van der Waals surface area (Å²) in [5.41, 5.74) is 1.81. The molecule has 2 aromatic carbocycles. The third-order valence-electron chi connectivity index (χ3n) is 3.93. The summed E-state index contributed by atoms with van der Waals surface area (Å²) < 4.78 is 12.3. The van der Waals surface area contributed by atoms with Crippen LogP contribution in [0.1, 0.15) is 10.4 Å². The van der Waals surface area contributed by atoms with Crippen LogP contribution in [0, 0.1) is 0 Å². The number of carbonyl (C=O) groups is 1. The molecule has 4 rings (SSSR count). The monoisotopic (exact) mass is 381 g/mol. The molecule has 0 unspecified atom stereocenters. The maximum atomic E-state index is 12.7. The topological polar surface area (TPSA) is 90.6 Å². The SMILES string of the molecule is COc1ccc(-c2nn3cnnc3s2)cc1NC(=O)c1ccccc1OC. The smallest absolute Gasteiger partial charge is 0.259 e. The van der Waals surface area contributed by atoms with E-state index < -0.39 is 0 Å². The van der Waals surface area contributed by atoms with Crippen LogP contribution in [0.15, 0.2) is 48.8 Å². The lowest BCUT2D eigenvalue weighted by Gasteiger charge is -2.13. The predicted molar refractivity (Wildman–Crippen MR) is 102 cm³/mol. The third kappa shape index (κ3) is 3.20. The van der Waals surface area contributed by atoms with Gasteiger partial charge in [-0.15, -0.1) is 10.2 Å². The Balaban J connectivity index is 1.68. The van der Waals surface area contributed by atoms with Crippen LogP contribution in [0.25, 0.3) is 15.5 Å². The maximum Gasteiger partial charge on any atom is 0.259 e. The van der Waals surface area contributed by atoms with E-state index in [1.165, 1.54) is 18.4 Å². The predicted octanol–water partition coefficient (Wildman–Crippen LogP) is 3.12. The van der Waals surface area contributed by atoms with Crippen LogP contribution in [-0.4, -0.2) is 39.9 Å². The van der Waals surface area contributed by atoms with Crippen molar-refractivity contribution in [3.8, 4) is 22.1 Å². The van der Waals surface area contributed by atoms with Gasteiger partial charge in [0.05, 0.1) is 25.5 Å². The van der Waals surface area contributed by atoms with Crippen molar-refractivity contribution in [1.29, 1.82) is 0 Å². The molecule has 0 atom stereocenters. The average molecular weight is 381 g/mol. The summed E-state index contributed by atoms with van der Waals surface area (Å²) in [5, 5.41) is 15.9. The number of carbonyl (C=O) groups excluding carboxylic acids is 1. The Morgan fingerprint density at radius 1 is 1.11 bits per heavy atom. The fraction of sp³-hybridized carbons (Fsp3) is 0.111. The van der Waals surface area contributed by atoms with Crippen LogP contribution in [0.2, 0.25) is 0 Å². The number of aromatic nitrogens is 4. The Morgan fingerprint density at radius 2 is 1.93 bits per heavy atom. The molecular weight excluding hydrogens is 366 g/mol. The van der Waals surface area contributed by atoms with E-state index in [4.69, 9.17) is 9.47 Å². The number of hydrogen-bond donors (Lipinski definition) is 1. The highest BCUT2D eigenvalue weighted by Crippen LogP contribution is 2.33. The first-order valence-corrected chi connectivity index (χ1v) is 8.81. The largest absolute Gasteiger partial charge is 0.496 e. The van der Waals surface area contributed by atoms with E-state index in [9.17, 15) is 4.79 Å². The van der Waals surface area contributed by atoms with Crippen molar-refractivity contribution in [2.24, 2.45) is 0 Å². The molecule has 0 bridgehead atoms. The number of methoxy groups -OCH3 is 2. The normalized spacial score (nSPS) is 10.7. The molecule has 0 fully saturated rings. The number of benzene rings is 2. The lowest BCUT2D eigenvalue weighted by molar-refractivity contribution is 0.102. The number of anilines is 1. The lowest BCUT2D eigenvalue weighted by atomic mass is 10.1. The number of nitrogens with zero attached hydrogens (tertiary/aromatic N) is 4. The van der Waals surface area contributed by atoms with Crippen molar-refractivity contribution in [2.45, 2.75) is 0 Å². The summed E-state index contributed by atoms with van der Waals surface area (Å²) in [6.07, 6.45) is 1.54. The first-order valence-electron chi connectivity index (χ1n) is 7.99. The molecule has 0 aliphatic rings. The zero-order valence-electron chi connectivity index (χ0n) is 14.5. The van der Waals surface area contributed by atoms with Gasteiger partial charge >= 0.3 is 0 Å². The van der Waals surface area contributed by atoms with Crippen molar-refractivity contribution < 1.29 is 14.3 Å². The van der Waals surface area contributed by atoms with Crippen LogP contribution in [-0.2, 0) is 0 Å². The highest BCUT2D eigenvalue weighted by Gasteiger charge is 2.16. The lowest BCUT2D eigenvalue weighted by Crippen LogP contribution is -2.13. The highest BCUT2D eigenvalue weighted by atomic mass is 32.1. The summed E-state index contributed by atoms with van der Waals surface area (Å²) in [6, 6.07) is 12.5. The summed E-state index contributed by atoms with van der Waals surface area (Å²) in [4.78, 5) is 13.4. The van der Waals surface area contributed by atoms with Crippen LogP contribution in [0.5, 0.6) is 11.5 Å². The van der Waals surface area contributed by atoms with Crippen LogP contribution < -0.4 is 14.8 Å². The van der Waals surface area contributed by atoms with Gasteiger partial charge in [0.15, 0.2) is 0 Å². The van der Waals surface area contributed by atoms with Gasteiger partial charge in [-0.1, -0.05) is 23.5 Å². The van der Waals surface area contributed by atoms with Crippen molar-refractivity contribution in [2.75, 3.05) is 19.5 Å². The number of para-hydroxylation sites is 1. The number of hydrogen-bond acceptors (Lipinski definition) is 7. The van der Waals surface area contributed by atoms with Gasteiger partial charge in [0.25, 0.3) is 5.91 Å². The average Bonchev–Trinajstić information content (AvgIpc) is 3.30. The molecule has 0 saturated heterocycles. The molecule has 0 radical (unpaired) electrons. The Bertz CT molecular complexity index is 1090. The number of ether oxygens (including phenoxy) is 2. The second-order valence-electron chi connectivity index (χ2n) is 5.53. The van der Waals surface area contributed by atoms with Gasteiger partial charge in [-0.3, -0.25) is 4.79 Å². The molecule has 0 aliphatic heterocycles. The second-order valence-corrected chi connectivity index (χ2v) is 6.49. The van der Waals surface area contributed by atoms with E-state index in [0.717, 1.165) is 10.6 Å². The summed E-state index contributed by atoms with van der Waals surface area (Å²) in [5.74, 6) is 0.754. The molecule has 0 saturated carbocycles. The maximum absolute atomic E-state index is 12.7. The molecule has 8 nitrogen and oxygen atoms in total. The molecule has 0 aliphatic carbocycles. The molecule has 1 amide bonds. The first-order chi connectivity index (χ1) is 13.2. The Hall–Kier alpha value is -3.46. The van der Waals surface area contributed by atoms with Crippen molar-refractivity contribution in [3.63, 3.8) is 0 Å². The van der Waals surface area contributed by atoms with Crippen LogP contribution in [0.4, 0.5) is 5.69 Å². The van der Waals surface area contributed by atoms with Crippen LogP contribution >= 0.6 is 11.3 Å². The van der Waals surface area contributed by atoms with Gasteiger partial charge in [0.2, 0.25) is 4.96 Å². The molecule has 4 aromatic rings. The Kier molecular flexibility index (Phi) is 4.43.